The SMILES string of the molecule is NC1COCC1c1nc(C2COc3ccccc3C2)no1. The van der Waals surface area contributed by atoms with Crippen LogP contribution in [0, 0.1) is 0 Å². The lowest BCUT2D eigenvalue weighted by Crippen LogP contribution is -2.27. The van der Waals surface area contributed by atoms with E-state index in [4.69, 9.17) is 19.7 Å². The molecule has 2 N–H and O–H groups in total. The molecule has 1 aromatic carbocycles. The van der Waals surface area contributed by atoms with Crippen LogP contribution in [-0.4, -0.2) is 36.0 Å². The Labute approximate surface area is 122 Å². The molecular formula is C15H17N3O3. The van der Waals surface area contributed by atoms with Crippen molar-refractivity contribution in [3.8, 4) is 5.75 Å². The van der Waals surface area contributed by atoms with Crippen LogP contribution in [0.2, 0.25) is 0 Å². The Kier molecular flexibility index (Phi) is 3.12. The molecule has 6 heteroatoms. The second-order valence-electron chi connectivity index (χ2n) is 5.62. The van der Waals surface area contributed by atoms with E-state index in [1.165, 1.54) is 5.56 Å². The lowest BCUT2D eigenvalue weighted by molar-refractivity contribution is 0.187. The Morgan fingerprint density at radius 1 is 1.14 bits per heavy atom. The topological polar surface area (TPSA) is 83.4 Å². The van der Waals surface area contributed by atoms with Crippen molar-refractivity contribution in [1.29, 1.82) is 0 Å². The Bertz CT molecular complexity index is 643. The van der Waals surface area contributed by atoms with E-state index < -0.39 is 0 Å². The molecule has 3 unspecified atom stereocenters. The average molecular weight is 287 g/mol. The summed E-state index contributed by atoms with van der Waals surface area (Å²) in [4.78, 5) is 4.52. The summed E-state index contributed by atoms with van der Waals surface area (Å²) >= 11 is 0. The highest BCUT2D eigenvalue weighted by molar-refractivity contribution is 5.36. The first-order valence-corrected chi connectivity index (χ1v) is 7.19. The Hall–Kier alpha value is -1.92. The summed E-state index contributed by atoms with van der Waals surface area (Å²) in [5.41, 5.74) is 7.17. The Morgan fingerprint density at radius 2 is 2.05 bits per heavy atom. The summed E-state index contributed by atoms with van der Waals surface area (Å²) in [6.45, 7) is 1.66. The molecule has 2 aliphatic rings. The smallest absolute Gasteiger partial charge is 0.233 e. The molecule has 2 aliphatic heterocycles. The van der Waals surface area contributed by atoms with Crippen molar-refractivity contribution in [1.82, 2.24) is 10.1 Å². The maximum Gasteiger partial charge on any atom is 0.233 e. The van der Waals surface area contributed by atoms with Gasteiger partial charge in [0.1, 0.15) is 5.75 Å². The molecule has 0 spiro atoms. The molecule has 4 rings (SSSR count). The van der Waals surface area contributed by atoms with E-state index in [9.17, 15) is 0 Å². The number of rotatable bonds is 2. The van der Waals surface area contributed by atoms with Crippen molar-refractivity contribution in [2.45, 2.75) is 24.3 Å². The molecule has 0 aliphatic carbocycles. The van der Waals surface area contributed by atoms with Gasteiger partial charge in [-0.2, -0.15) is 4.98 Å². The molecule has 3 atom stereocenters. The maximum absolute atomic E-state index is 5.98. The number of para-hydroxylation sites is 1. The van der Waals surface area contributed by atoms with Crippen molar-refractivity contribution in [3.05, 3.63) is 41.5 Å². The molecule has 6 nitrogen and oxygen atoms in total. The second-order valence-corrected chi connectivity index (χ2v) is 5.62. The van der Waals surface area contributed by atoms with Gasteiger partial charge in [0.2, 0.25) is 5.89 Å². The van der Waals surface area contributed by atoms with E-state index in [0.717, 1.165) is 12.2 Å². The first kappa shape index (κ1) is 12.8. The summed E-state index contributed by atoms with van der Waals surface area (Å²) in [5, 5.41) is 4.11. The van der Waals surface area contributed by atoms with Gasteiger partial charge in [0, 0.05) is 6.04 Å². The highest BCUT2D eigenvalue weighted by Gasteiger charge is 2.33. The van der Waals surface area contributed by atoms with Gasteiger partial charge in [0.05, 0.1) is 31.7 Å². The lowest BCUT2D eigenvalue weighted by Gasteiger charge is -2.22. The van der Waals surface area contributed by atoms with Gasteiger partial charge < -0.3 is 19.7 Å². The minimum absolute atomic E-state index is 0.00282. The monoisotopic (exact) mass is 287 g/mol. The molecular weight excluding hydrogens is 270 g/mol. The molecule has 21 heavy (non-hydrogen) atoms. The van der Waals surface area contributed by atoms with Crippen LogP contribution in [0.25, 0.3) is 0 Å². The number of hydrogen-bond acceptors (Lipinski definition) is 6. The Morgan fingerprint density at radius 3 is 2.90 bits per heavy atom. The van der Waals surface area contributed by atoms with Crippen molar-refractivity contribution in [2.24, 2.45) is 5.73 Å². The molecule has 0 saturated carbocycles. The molecule has 110 valence electrons. The number of ether oxygens (including phenoxy) is 2. The van der Waals surface area contributed by atoms with Gasteiger partial charge in [0.25, 0.3) is 0 Å². The van der Waals surface area contributed by atoms with E-state index >= 15 is 0 Å². The molecule has 0 radical (unpaired) electrons. The molecule has 1 saturated heterocycles. The fourth-order valence-corrected chi connectivity index (χ4v) is 2.88. The van der Waals surface area contributed by atoms with E-state index in [2.05, 4.69) is 16.2 Å². The predicted molar refractivity (Wildman–Crippen MR) is 74.2 cm³/mol. The minimum atomic E-state index is -0.0679. The highest BCUT2D eigenvalue weighted by Crippen LogP contribution is 2.32. The third-order valence-corrected chi connectivity index (χ3v) is 4.14. The molecule has 1 aromatic heterocycles. The Balaban J connectivity index is 1.54. The normalized spacial score (nSPS) is 28.1. The lowest BCUT2D eigenvalue weighted by atomic mass is 9.96. The van der Waals surface area contributed by atoms with Gasteiger partial charge in [-0.1, -0.05) is 23.4 Å². The van der Waals surface area contributed by atoms with E-state index in [-0.39, 0.29) is 17.9 Å². The molecule has 0 amide bonds. The van der Waals surface area contributed by atoms with Crippen LogP contribution < -0.4 is 10.5 Å². The first-order valence-electron chi connectivity index (χ1n) is 7.19. The van der Waals surface area contributed by atoms with Gasteiger partial charge in [-0.15, -0.1) is 0 Å². The standard InChI is InChI=1S/C15H17N3O3/c16-12-8-19-7-11(12)15-17-14(18-21-15)10-5-9-3-1-2-4-13(9)20-6-10/h1-4,10-12H,5-8,16H2. The summed E-state index contributed by atoms with van der Waals surface area (Å²) in [7, 11) is 0. The van der Waals surface area contributed by atoms with Crippen molar-refractivity contribution < 1.29 is 14.0 Å². The van der Waals surface area contributed by atoms with Crippen LogP contribution in [0.3, 0.4) is 0 Å². The zero-order chi connectivity index (χ0) is 14.2. The third-order valence-electron chi connectivity index (χ3n) is 4.14. The van der Waals surface area contributed by atoms with E-state index in [0.29, 0.717) is 31.5 Å². The van der Waals surface area contributed by atoms with E-state index in [1.54, 1.807) is 0 Å². The summed E-state index contributed by atoms with van der Waals surface area (Å²) in [6.07, 6.45) is 0.863. The number of hydrogen-bond donors (Lipinski definition) is 1. The van der Waals surface area contributed by atoms with Crippen LogP contribution >= 0.6 is 0 Å². The van der Waals surface area contributed by atoms with Gasteiger partial charge >= 0.3 is 0 Å². The predicted octanol–water partition coefficient (Wildman–Crippen LogP) is 1.23. The number of aromatic nitrogens is 2. The zero-order valence-electron chi connectivity index (χ0n) is 11.6. The molecule has 2 aromatic rings. The molecule has 3 heterocycles. The fourth-order valence-electron chi connectivity index (χ4n) is 2.88. The number of benzene rings is 1. The van der Waals surface area contributed by atoms with Crippen LogP contribution in [0.4, 0.5) is 0 Å². The minimum Gasteiger partial charge on any atom is -0.493 e. The average Bonchev–Trinajstić information content (AvgIpc) is 3.15. The number of nitrogens with two attached hydrogens (primary N) is 1. The van der Waals surface area contributed by atoms with Gasteiger partial charge in [0.15, 0.2) is 5.82 Å². The quantitative estimate of drug-likeness (QED) is 0.894. The zero-order valence-corrected chi connectivity index (χ0v) is 11.6. The molecule has 1 fully saturated rings. The fraction of sp³-hybridized carbons (Fsp3) is 0.467. The summed E-state index contributed by atoms with van der Waals surface area (Å²) in [6, 6.07) is 7.99. The largest absolute Gasteiger partial charge is 0.493 e. The van der Waals surface area contributed by atoms with Crippen LogP contribution in [-0.2, 0) is 11.2 Å². The highest BCUT2D eigenvalue weighted by atomic mass is 16.5. The van der Waals surface area contributed by atoms with Crippen LogP contribution in [0.5, 0.6) is 5.75 Å². The van der Waals surface area contributed by atoms with Gasteiger partial charge in [-0.05, 0) is 18.1 Å². The number of fused-ring (bicyclic) bond motifs is 1. The van der Waals surface area contributed by atoms with Crippen LogP contribution in [0.1, 0.15) is 29.1 Å². The third kappa shape index (κ3) is 2.30. The number of nitrogens with zero attached hydrogens (tertiary/aromatic N) is 2. The molecule has 0 bridgehead atoms. The summed E-state index contributed by atoms with van der Waals surface area (Å²) in [5.74, 6) is 2.34. The van der Waals surface area contributed by atoms with Crippen molar-refractivity contribution in [2.75, 3.05) is 19.8 Å². The van der Waals surface area contributed by atoms with E-state index in [1.807, 2.05) is 18.2 Å². The second kappa shape index (κ2) is 5.13. The summed E-state index contributed by atoms with van der Waals surface area (Å²) < 4.78 is 16.5. The van der Waals surface area contributed by atoms with Gasteiger partial charge in [-0.25, -0.2) is 0 Å². The first-order chi connectivity index (χ1) is 10.3. The van der Waals surface area contributed by atoms with Crippen molar-refractivity contribution >= 4 is 0 Å². The maximum atomic E-state index is 5.98. The van der Waals surface area contributed by atoms with Crippen LogP contribution in [0.15, 0.2) is 28.8 Å². The van der Waals surface area contributed by atoms with Crippen molar-refractivity contribution in [3.63, 3.8) is 0 Å². The van der Waals surface area contributed by atoms with Gasteiger partial charge in [-0.3, -0.25) is 0 Å².